The highest BCUT2D eigenvalue weighted by molar-refractivity contribution is 7.15. The van der Waals surface area contributed by atoms with Crippen LogP contribution in [0.3, 0.4) is 0 Å². The zero-order valence-electron chi connectivity index (χ0n) is 21.1. The smallest absolute Gasteiger partial charge is 0.335 e. The van der Waals surface area contributed by atoms with Crippen LogP contribution in [0.25, 0.3) is 5.00 Å². The van der Waals surface area contributed by atoms with Crippen molar-refractivity contribution in [2.24, 2.45) is 4.99 Å². The molecule has 0 unspecified atom stereocenters. The Morgan fingerprint density at radius 2 is 1.76 bits per heavy atom. The number of rotatable bonds is 6. The molecule has 2 aliphatic heterocycles. The third-order valence-electron chi connectivity index (χ3n) is 7.15. The highest BCUT2D eigenvalue weighted by atomic mass is 32.1. The number of aromatic nitrogens is 3. The molecule has 37 heavy (non-hydrogen) atoms. The molecule has 194 valence electrons. The number of β-amino-alcohol motifs (C(OH)–C–C–N with tert-alkyl or cyclic N) is 1. The number of carbonyl (C=O) groups is 2. The van der Waals surface area contributed by atoms with Crippen LogP contribution in [0.15, 0.2) is 29.3 Å². The first kappa shape index (κ1) is 25.2. The van der Waals surface area contributed by atoms with Gasteiger partial charge in [0.15, 0.2) is 5.82 Å². The van der Waals surface area contributed by atoms with Crippen LogP contribution in [0.4, 0.5) is 0 Å². The van der Waals surface area contributed by atoms with Crippen molar-refractivity contribution in [3.8, 4) is 5.00 Å². The maximum atomic E-state index is 13.4. The normalized spacial score (nSPS) is 17.7. The van der Waals surface area contributed by atoms with Crippen molar-refractivity contribution >= 4 is 28.9 Å². The molecule has 1 aromatic carbocycles. The van der Waals surface area contributed by atoms with Crippen molar-refractivity contribution in [3.63, 3.8) is 0 Å². The van der Waals surface area contributed by atoms with E-state index in [-0.39, 0.29) is 24.5 Å². The Balaban J connectivity index is 1.55. The second kappa shape index (κ2) is 10.2. The van der Waals surface area contributed by atoms with Gasteiger partial charge in [-0.05, 0) is 38.5 Å². The molecule has 0 saturated carbocycles. The molecule has 1 atom stereocenters. The predicted octanol–water partition coefficient (Wildman–Crippen LogP) is 2.37. The zero-order chi connectivity index (χ0) is 26.3. The van der Waals surface area contributed by atoms with Crippen LogP contribution in [0.1, 0.15) is 56.0 Å². The quantitative estimate of drug-likeness (QED) is 0.509. The van der Waals surface area contributed by atoms with Crippen LogP contribution in [0.2, 0.25) is 0 Å². The van der Waals surface area contributed by atoms with Gasteiger partial charge in [0.25, 0.3) is 0 Å². The van der Waals surface area contributed by atoms with Crippen LogP contribution >= 0.6 is 11.3 Å². The van der Waals surface area contributed by atoms with Crippen LogP contribution in [0.5, 0.6) is 0 Å². The number of benzene rings is 1. The molecule has 3 aromatic rings. The Bertz CT molecular complexity index is 1370. The molecule has 2 aliphatic rings. The number of hydrogen-bond donors (Lipinski definition) is 2. The van der Waals surface area contributed by atoms with Crippen LogP contribution in [-0.2, 0) is 4.79 Å². The fraction of sp³-hybridized carbons (Fsp3) is 0.423. The summed E-state index contributed by atoms with van der Waals surface area (Å²) in [5.74, 6) is 0.375. The second-order valence-corrected chi connectivity index (χ2v) is 10.6. The van der Waals surface area contributed by atoms with Crippen LogP contribution in [0, 0.1) is 20.8 Å². The minimum absolute atomic E-state index is 0.00309. The number of amides is 1. The number of aromatic carboxylic acids is 1. The maximum absolute atomic E-state index is 13.4. The monoisotopic (exact) mass is 522 g/mol. The molecule has 2 aromatic heterocycles. The molecule has 0 bridgehead atoms. The fourth-order valence-corrected chi connectivity index (χ4v) is 6.17. The van der Waals surface area contributed by atoms with E-state index in [1.54, 1.807) is 35.6 Å². The van der Waals surface area contributed by atoms with Gasteiger partial charge in [0.2, 0.25) is 5.91 Å². The summed E-state index contributed by atoms with van der Waals surface area (Å²) in [6.07, 6.45) is 0.155. The first-order valence-corrected chi connectivity index (χ1v) is 13.1. The van der Waals surface area contributed by atoms with Gasteiger partial charge in [-0.25, -0.2) is 4.79 Å². The highest BCUT2D eigenvalue weighted by Gasteiger charge is 2.33. The van der Waals surface area contributed by atoms with Crippen molar-refractivity contribution in [2.75, 3.05) is 39.3 Å². The topological polar surface area (TPSA) is 124 Å². The lowest BCUT2D eigenvalue weighted by atomic mass is 9.98. The van der Waals surface area contributed by atoms with Gasteiger partial charge in [-0.3, -0.25) is 19.3 Å². The first-order valence-electron chi connectivity index (χ1n) is 12.3. The number of carbonyl (C=O) groups excluding carboxylic acids is 1. The average Bonchev–Trinajstić information content (AvgIpc) is 3.36. The van der Waals surface area contributed by atoms with E-state index < -0.39 is 12.0 Å². The second-order valence-electron chi connectivity index (χ2n) is 9.43. The van der Waals surface area contributed by atoms with Crippen molar-refractivity contribution in [1.29, 1.82) is 0 Å². The van der Waals surface area contributed by atoms with Gasteiger partial charge in [0, 0.05) is 48.7 Å². The van der Waals surface area contributed by atoms with Gasteiger partial charge in [-0.2, -0.15) is 0 Å². The van der Waals surface area contributed by atoms with Gasteiger partial charge in [-0.15, -0.1) is 21.5 Å². The predicted molar refractivity (Wildman–Crippen MR) is 140 cm³/mol. The number of thiophene rings is 1. The number of carboxylic acids is 1. The fourth-order valence-electron chi connectivity index (χ4n) is 4.95. The number of hydrogen-bond acceptors (Lipinski definition) is 8. The minimum atomic E-state index is -0.984. The number of aryl methyl sites for hydroxylation is 2. The summed E-state index contributed by atoms with van der Waals surface area (Å²) in [4.78, 5) is 35.1. The van der Waals surface area contributed by atoms with E-state index in [2.05, 4.69) is 28.9 Å². The number of aliphatic imine (C=N–C) groups is 1. The third-order valence-corrected chi connectivity index (χ3v) is 8.35. The molecule has 11 heteroatoms. The Morgan fingerprint density at radius 3 is 2.41 bits per heavy atom. The lowest BCUT2D eigenvalue weighted by molar-refractivity contribution is -0.133. The Kier molecular flexibility index (Phi) is 6.93. The van der Waals surface area contributed by atoms with E-state index in [0.29, 0.717) is 25.5 Å². The highest BCUT2D eigenvalue weighted by Crippen LogP contribution is 2.39. The van der Waals surface area contributed by atoms with Crippen molar-refractivity contribution < 1.29 is 19.8 Å². The number of carboxylic acid groups (broad SMARTS) is 1. The largest absolute Gasteiger partial charge is 0.478 e. The molecule has 1 saturated heterocycles. The lowest BCUT2D eigenvalue weighted by Crippen LogP contribution is -2.49. The zero-order valence-corrected chi connectivity index (χ0v) is 22.0. The SMILES string of the molecule is Cc1sc2c(c1C)C(c1ccc(C(=O)O)cc1)=N[C@@H](CC(=O)N1CCN(CCO)CC1)c1nnc(C)n1-2. The molecule has 1 amide bonds. The van der Waals surface area contributed by atoms with E-state index in [0.717, 1.165) is 51.2 Å². The number of fused-ring (bicyclic) bond motifs is 3. The van der Waals surface area contributed by atoms with Gasteiger partial charge in [0.05, 0.1) is 24.3 Å². The molecule has 10 nitrogen and oxygen atoms in total. The average molecular weight is 523 g/mol. The lowest BCUT2D eigenvalue weighted by Gasteiger charge is -2.34. The molecule has 5 rings (SSSR count). The van der Waals surface area contributed by atoms with Crippen molar-refractivity contribution in [1.82, 2.24) is 24.6 Å². The number of aliphatic hydroxyl groups excluding tert-OH is 1. The molecular weight excluding hydrogens is 492 g/mol. The summed E-state index contributed by atoms with van der Waals surface area (Å²) in [7, 11) is 0. The first-order chi connectivity index (χ1) is 17.8. The summed E-state index contributed by atoms with van der Waals surface area (Å²) in [5.41, 5.74) is 3.77. The van der Waals surface area contributed by atoms with Crippen molar-refractivity contribution in [2.45, 2.75) is 33.2 Å². The van der Waals surface area contributed by atoms with Gasteiger partial charge < -0.3 is 15.1 Å². The Labute approximate surface area is 218 Å². The molecule has 0 spiro atoms. The summed E-state index contributed by atoms with van der Waals surface area (Å²) in [6, 6.07) is 6.17. The van der Waals surface area contributed by atoms with Gasteiger partial charge in [0.1, 0.15) is 16.9 Å². The number of nitrogens with zero attached hydrogens (tertiary/aromatic N) is 6. The molecule has 2 N–H and O–H groups in total. The van der Waals surface area contributed by atoms with Crippen LogP contribution < -0.4 is 0 Å². The van der Waals surface area contributed by atoms with Gasteiger partial charge >= 0.3 is 5.97 Å². The molecule has 1 fully saturated rings. The van der Waals surface area contributed by atoms with E-state index in [9.17, 15) is 19.8 Å². The van der Waals surface area contributed by atoms with E-state index >= 15 is 0 Å². The Hall–Kier alpha value is -3.41. The van der Waals surface area contributed by atoms with Crippen LogP contribution in [-0.4, -0.2) is 91.7 Å². The van der Waals surface area contributed by atoms with E-state index in [1.807, 2.05) is 16.4 Å². The molecule has 0 radical (unpaired) electrons. The van der Waals surface area contributed by atoms with Gasteiger partial charge in [-0.1, -0.05) is 12.1 Å². The summed E-state index contributed by atoms with van der Waals surface area (Å²) >= 11 is 1.64. The minimum Gasteiger partial charge on any atom is -0.478 e. The summed E-state index contributed by atoms with van der Waals surface area (Å²) in [6.45, 7) is 9.42. The van der Waals surface area contributed by atoms with E-state index in [1.165, 1.54) is 0 Å². The Morgan fingerprint density at radius 1 is 1.05 bits per heavy atom. The summed E-state index contributed by atoms with van der Waals surface area (Å²) in [5, 5.41) is 28.3. The van der Waals surface area contributed by atoms with Crippen molar-refractivity contribution in [3.05, 3.63) is 63.0 Å². The third kappa shape index (κ3) is 4.70. The number of aliphatic hydroxyl groups is 1. The molecular formula is C26H30N6O4S. The standard InChI is InChI=1S/C26H30N6O4S/c1-15-16(2)37-25-22(15)23(18-4-6-19(7-5-18)26(35)36)27-20(24-29-28-17(3)32(24)25)14-21(34)31-10-8-30(9-11-31)12-13-33/h4-7,20,33H,8-14H2,1-3H3,(H,35,36)/t20-/m0/s1. The summed E-state index contributed by atoms with van der Waals surface area (Å²) < 4.78 is 2.01. The molecule has 0 aliphatic carbocycles. The van der Waals surface area contributed by atoms with E-state index in [4.69, 9.17) is 4.99 Å². The maximum Gasteiger partial charge on any atom is 0.335 e. The molecule has 4 heterocycles. The number of piperazine rings is 1.